The molecular formula is C21H26N2S. The summed E-state index contributed by atoms with van der Waals surface area (Å²) >= 11 is 1.82. The Morgan fingerprint density at radius 2 is 1.79 bits per heavy atom. The molecule has 1 saturated carbocycles. The molecule has 0 saturated heterocycles. The fourth-order valence-corrected chi connectivity index (χ4v) is 3.93. The van der Waals surface area contributed by atoms with E-state index in [1.807, 2.05) is 23.9 Å². The molecule has 0 spiro atoms. The van der Waals surface area contributed by atoms with Gasteiger partial charge in [-0.3, -0.25) is 0 Å². The van der Waals surface area contributed by atoms with Gasteiger partial charge in [-0.05, 0) is 43.2 Å². The Balaban J connectivity index is 1.76. The van der Waals surface area contributed by atoms with E-state index in [1.54, 1.807) is 0 Å². The molecular weight excluding hydrogens is 312 g/mol. The lowest BCUT2D eigenvalue weighted by molar-refractivity contribution is 0.462. The fraction of sp³-hybridized carbons (Fsp3) is 0.333. The topological polar surface area (TPSA) is 24.1 Å². The molecule has 0 aromatic heterocycles. The molecule has 2 aromatic rings. The lowest BCUT2D eigenvalue weighted by Gasteiger charge is -2.24. The number of nitrogens with one attached hydrogen (secondary N) is 2. The van der Waals surface area contributed by atoms with Crippen LogP contribution < -0.4 is 10.6 Å². The zero-order valence-electron chi connectivity index (χ0n) is 14.1. The molecule has 0 bridgehead atoms. The van der Waals surface area contributed by atoms with Crippen molar-refractivity contribution in [2.24, 2.45) is 0 Å². The lowest BCUT2D eigenvalue weighted by Crippen LogP contribution is -2.22. The van der Waals surface area contributed by atoms with Gasteiger partial charge in [-0.15, -0.1) is 18.3 Å². The van der Waals surface area contributed by atoms with Crippen LogP contribution in [-0.4, -0.2) is 11.8 Å². The quantitative estimate of drug-likeness (QED) is 0.448. The molecule has 126 valence electrons. The highest BCUT2D eigenvalue weighted by molar-refractivity contribution is 7.99. The van der Waals surface area contributed by atoms with Gasteiger partial charge >= 0.3 is 0 Å². The van der Waals surface area contributed by atoms with Crippen molar-refractivity contribution in [1.82, 2.24) is 0 Å². The molecule has 0 unspecified atom stereocenters. The van der Waals surface area contributed by atoms with Gasteiger partial charge in [0.05, 0.1) is 5.69 Å². The number of hydrogen-bond acceptors (Lipinski definition) is 3. The Labute approximate surface area is 149 Å². The van der Waals surface area contributed by atoms with E-state index in [1.165, 1.54) is 42.7 Å². The highest BCUT2D eigenvalue weighted by Crippen LogP contribution is 2.33. The van der Waals surface area contributed by atoms with E-state index in [4.69, 9.17) is 0 Å². The summed E-state index contributed by atoms with van der Waals surface area (Å²) in [6, 6.07) is 17.6. The van der Waals surface area contributed by atoms with Crippen LogP contribution in [0.3, 0.4) is 0 Å². The molecule has 3 heteroatoms. The van der Waals surface area contributed by atoms with Crippen molar-refractivity contribution in [2.75, 3.05) is 16.4 Å². The van der Waals surface area contributed by atoms with Gasteiger partial charge in [0, 0.05) is 28.1 Å². The highest BCUT2D eigenvalue weighted by atomic mass is 32.2. The first-order valence-corrected chi connectivity index (χ1v) is 9.80. The molecule has 1 aliphatic carbocycles. The lowest BCUT2D eigenvalue weighted by atomic mass is 9.95. The van der Waals surface area contributed by atoms with Gasteiger partial charge in [-0.25, -0.2) is 0 Å². The van der Waals surface area contributed by atoms with Gasteiger partial charge in [-0.2, -0.15) is 0 Å². The van der Waals surface area contributed by atoms with Gasteiger partial charge < -0.3 is 10.6 Å². The highest BCUT2D eigenvalue weighted by Gasteiger charge is 2.13. The molecule has 0 aliphatic heterocycles. The summed E-state index contributed by atoms with van der Waals surface area (Å²) in [5.41, 5.74) is 3.50. The second-order valence-electron chi connectivity index (χ2n) is 6.28. The number of anilines is 3. The number of rotatable bonds is 7. The minimum absolute atomic E-state index is 0.629. The average molecular weight is 339 g/mol. The Bertz CT molecular complexity index is 648. The summed E-state index contributed by atoms with van der Waals surface area (Å²) in [6.45, 7) is 3.85. The molecule has 2 nitrogen and oxygen atoms in total. The summed E-state index contributed by atoms with van der Waals surface area (Å²) in [7, 11) is 0. The molecule has 0 heterocycles. The molecule has 24 heavy (non-hydrogen) atoms. The summed E-state index contributed by atoms with van der Waals surface area (Å²) in [6.07, 6.45) is 8.63. The van der Waals surface area contributed by atoms with Crippen LogP contribution in [0.2, 0.25) is 0 Å². The van der Waals surface area contributed by atoms with Crippen LogP contribution in [-0.2, 0) is 0 Å². The fourth-order valence-electron chi connectivity index (χ4n) is 3.14. The largest absolute Gasteiger partial charge is 0.382 e. The average Bonchev–Trinajstić information content (AvgIpc) is 2.63. The van der Waals surface area contributed by atoms with Crippen LogP contribution in [0, 0.1) is 0 Å². The van der Waals surface area contributed by atoms with Crippen molar-refractivity contribution in [1.29, 1.82) is 0 Å². The van der Waals surface area contributed by atoms with Gasteiger partial charge in [0.15, 0.2) is 0 Å². The van der Waals surface area contributed by atoms with Gasteiger partial charge in [-0.1, -0.05) is 43.5 Å². The van der Waals surface area contributed by atoms with Crippen LogP contribution >= 0.6 is 11.8 Å². The Kier molecular flexibility index (Phi) is 6.25. The Morgan fingerprint density at radius 1 is 1.00 bits per heavy atom. The normalized spacial score (nSPS) is 15.0. The maximum atomic E-state index is 3.85. The van der Waals surface area contributed by atoms with Crippen LogP contribution in [0.1, 0.15) is 32.1 Å². The summed E-state index contributed by atoms with van der Waals surface area (Å²) in [5, 5.41) is 7.25. The monoisotopic (exact) mass is 338 g/mol. The van der Waals surface area contributed by atoms with Crippen LogP contribution in [0.25, 0.3) is 0 Å². The molecule has 0 amide bonds. The van der Waals surface area contributed by atoms with E-state index in [0.29, 0.717) is 6.04 Å². The first-order valence-electron chi connectivity index (χ1n) is 8.81. The summed E-state index contributed by atoms with van der Waals surface area (Å²) < 4.78 is 0. The van der Waals surface area contributed by atoms with Crippen molar-refractivity contribution in [3.63, 3.8) is 0 Å². The van der Waals surface area contributed by atoms with E-state index in [2.05, 4.69) is 59.7 Å². The molecule has 0 radical (unpaired) electrons. The first kappa shape index (κ1) is 17.0. The second-order valence-corrected chi connectivity index (χ2v) is 7.34. The van der Waals surface area contributed by atoms with Gasteiger partial charge in [0.1, 0.15) is 0 Å². The number of hydrogen-bond donors (Lipinski definition) is 2. The van der Waals surface area contributed by atoms with Crippen molar-refractivity contribution >= 4 is 28.8 Å². The van der Waals surface area contributed by atoms with E-state index in [-0.39, 0.29) is 0 Å². The molecule has 1 fully saturated rings. The third-order valence-corrected chi connectivity index (χ3v) is 5.42. The minimum atomic E-state index is 0.629. The van der Waals surface area contributed by atoms with Crippen molar-refractivity contribution < 1.29 is 0 Å². The number of para-hydroxylation sites is 1. The summed E-state index contributed by atoms with van der Waals surface area (Å²) in [4.78, 5) is 1.26. The predicted octanol–water partition coefficient (Wildman–Crippen LogP) is 6.45. The first-order chi connectivity index (χ1) is 11.8. The zero-order valence-corrected chi connectivity index (χ0v) is 14.9. The standard InChI is InChI=1S/C21H26N2S/c1-2-15-24-21-16-19(22-17-9-5-3-6-10-17)13-14-20(21)23-18-11-7-4-8-12-18/h2,4,7-8,11-14,16-17,22-23H,1,3,5-6,9-10,15H2. The zero-order chi connectivity index (χ0) is 16.6. The van der Waals surface area contributed by atoms with E-state index < -0.39 is 0 Å². The molecule has 3 rings (SSSR count). The Hall–Kier alpha value is -1.87. The van der Waals surface area contributed by atoms with Crippen molar-refractivity contribution in [3.8, 4) is 0 Å². The van der Waals surface area contributed by atoms with Crippen LogP contribution in [0.4, 0.5) is 17.1 Å². The third-order valence-electron chi connectivity index (χ3n) is 4.37. The predicted molar refractivity (Wildman–Crippen MR) is 108 cm³/mol. The molecule has 1 aliphatic rings. The molecule has 2 N–H and O–H groups in total. The SMILES string of the molecule is C=CCSc1cc(NC2CCCCC2)ccc1Nc1ccccc1. The molecule has 2 aromatic carbocycles. The number of thioether (sulfide) groups is 1. The smallest absolute Gasteiger partial charge is 0.0524 e. The maximum Gasteiger partial charge on any atom is 0.0524 e. The van der Waals surface area contributed by atoms with Crippen molar-refractivity contribution in [3.05, 3.63) is 61.2 Å². The van der Waals surface area contributed by atoms with Gasteiger partial charge in [0.2, 0.25) is 0 Å². The molecule has 0 atom stereocenters. The minimum Gasteiger partial charge on any atom is -0.382 e. The number of benzene rings is 2. The summed E-state index contributed by atoms with van der Waals surface area (Å²) in [5.74, 6) is 0.913. The van der Waals surface area contributed by atoms with Gasteiger partial charge in [0.25, 0.3) is 0 Å². The van der Waals surface area contributed by atoms with E-state index in [9.17, 15) is 0 Å². The van der Waals surface area contributed by atoms with E-state index in [0.717, 1.165) is 17.1 Å². The maximum absolute atomic E-state index is 3.85. The van der Waals surface area contributed by atoms with E-state index >= 15 is 0 Å². The second kappa shape index (κ2) is 8.84. The Morgan fingerprint density at radius 3 is 2.54 bits per heavy atom. The van der Waals surface area contributed by atoms with Crippen LogP contribution in [0.15, 0.2) is 66.1 Å². The van der Waals surface area contributed by atoms with Crippen molar-refractivity contribution in [2.45, 2.75) is 43.0 Å². The van der Waals surface area contributed by atoms with Crippen LogP contribution in [0.5, 0.6) is 0 Å². The third kappa shape index (κ3) is 4.81.